The maximum atomic E-state index is 13.6. The molecule has 3 aromatic rings. The molecule has 1 amide bonds. The van der Waals surface area contributed by atoms with Gasteiger partial charge in [0.05, 0.1) is 16.5 Å². The molecule has 34 heavy (non-hydrogen) atoms. The Kier molecular flexibility index (Phi) is 5.97. The highest BCUT2D eigenvalue weighted by Gasteiger charge is 2.28. The van der Waals surface area contributed by atoms with Crippen LogP contribution in [-0.2, 0) is 12.1 Å². The van der Waals surface area contributed by atoms with Crippen molar-refractivity contribution in [2.24, 2.45) is 5.92 Å². The summed E-state index contributed by atoms with van der Waals surface area (Å²) in [5.74, 6) is 0.961. The molecule has 0 atom stereocenters. The average Bonchev–Trinajstić information content (AvgIpc) is 3.23. The molecule has 1 aliphatic heterocycles. The standard InChI is InChI=1S/C25H30N4O5/c1-13(2)11-29-21-20(23(31)27-24(29)32)16(10-17(26-21)14(3)4)22(30)28-25(5,6)15-7-8-18-19(9-15)34-12-33-18/h7-10,13-14H,11-12H2,1-6H3,(H,28,30)(H,27,31,32). The fourth-order valence-electron chi connectivity index (χ4n) is 4.01. The number of ether oxygens (including phenoxy) is 2. The largest absolute Gasteiger partial charge is 0.454 e. The number of pyridine rings is 1. The van der Waals surface area contributed by atoms with Gasteiger partial charge < -0.3 is 14.8 Å². The van der Waals surface area contributed by atoms with Gasteiger partial charge in [0.1, 0.15) is 0 Å². The summed E-state index contributed by atoms with van der Waals surface area (Å²) in [5.41, 5.74) is -0.106. The van der Waals surface area contributed by atoms with Gasteiger partial charge in [0.15, 0.2) is 17.1 Å². The van der Waals surface area contributed by atoms with Crippen LogP contribution in [0.3, 0.4) is 0 Å². The SMILES string of the molecule is CC(C)Cn1c(=O)[nH]c(=O)c2c(C(=O)NC(C)(C)c3ccc4c(c3)OCO4)cc(C(C)C)nc21. The Labute approximate surface area is 197 Å². The maximum absolute atomic E-state index is 13.6. The Morgan fingerprint density at radius 1 is 1.15 bits per heavy atom. The summed E-state index contributed by atoms with van der Waals surface area (Å²) in [5, 5.41) is 3.14. The molecule has 9 heteroatoms. The van der Waals surface area contributed by atoms with Crippen molar-refractivity contribution in [2.45, 2.75) is 59.5 Å². The molecule has 0 saturated carbocycles. The van der Waals surface area contributed by atoms with Gasteiger partial charge in [-0.1, -0.05) is 33.8 Å². The number of aromatic amines is 1. The highest BCUT2D eigenvalue weighted by molar-refractivity contribution is 6.05. The third-order valence-electron chi connectivity index (χ3n) is 5.87. The van der Waals surface area contributed by atoms with Crippen molar-refractivity contribution in [2.75, 3.05) is 6.79 Å². The highest BCUT2D eigenvalue weighted by Crippen LogP contribution is 2.35. The van der Waals surface area contributed by atoms with Crippen molar-refractivity contribution < 1.29 is 14.3 Å². The van der Waals surface area contributed by atoms with E-state index in [0.717, 1.165) is 5.56 Å². The lowest BCUT2D eigenvalue weighted by Crippen LogP contribution is -2.42. The number of hydrogen-bond acceptors (Lipinski definition) is 6. The Morgan fingerprint density at radius 2 is 1.85 bits per heavy atom. The molecule has 0 bridgehead atoms. The van der Waals surface area contributed by atoms with Crippen molar-refractivity contribution >= 4 is 16.9 Å². The van der Waals surface area contributed by atoms with Crippen LogP contribution in [0.25, 0.3) is 11.0 Å². The molecule has 0 unspecified atom stereocenters. The summed E-state index contributed by atoms with van der Waals surface area (Å²) in [7, 11) is 0. The van der Waals surface area contributed by atoms with E-state index in [0.29, 0.717) is 23.7 Å². The van der Waals surface area contributed by atoms with Gasteiger partial charge in [0.2, 0.25) is 6.79 Å². The van der Waals surface area contributed by atoms with Crippen molar-refractivity contribution in [1.82, 2.24) is 19.9 Å². The number of aromatic nitrogens is 3. The molecule has 3 heterocycles. The van der Waals surface area contributed by atoms with Gasteiger partial charge in [-0.05, 0) is 49.4 Å². The van der Waals surface area contributed by atoms with Crippen molar-refractivity contribution in [3.05, 3.63) is 61.9 Å². The molecule has 9 nitrogen and oxygen atoms in total. The number of amides is 1. The number of H-pyrrole nitrogens is 1. The Bertz CT molecular complexity index is 1380. The number of rotatable bonds is 6. The van der Waals surface area contributed by atoms with Crippen LogP contribution < -0.4 is 26.0 Å². The van der Waals surface area contributed by atoms with Crippen molar-refractivity contribution in [3.8, 4) is 11.5 Å². The number of fused-ring (bicyclic) bond motifs is 2. The van der Waals surface area contributed by atoms with Gasteiger partial charge in [-0.3, -0.25) is 19.1 Å². The monoisotopic (exact) mass is 466 g/mol. The van der Waals surface area contributed by atoms with Crippen LogP contribution in [0.2, 0.25) is 0 Å². The number of benzene rings is 1. The van der Waals surface area contributed by atoms with Crippen LogP contribution in [0.5, 0.6) is 11.5 Å². The van der Waals surface area contributed by atoms with E-state index in [4.69, 9.17) is 9.47 Å². The lowest BCUT2D eigenvalue weighted by molar-refractivity contribution is 0.0913. The first-order valence-corrected chi connectivity index (χ1v) is 11.4. The Morgan fingerprint density at radius 3 is 2.53 bits per heavy atom. The second kappa shape index (κ2) is 8.62. The van der Waals surface area contributed by atoms with Crippen LogP contribution in [0.1, 0.15) is 69.1 Å². The lowest BCUT2D eigenvalue weighted by Gasteiger charge is -2.27. The van der Waals surface area contributed by atoms with Crippen LogP contribution in [0.15, 0.2) is 33.9 Å². The average molecular weight is 467 g/mol. The van der Waals surface area contributed by atoms with Gasteiger partial charge >= 0.3 is 5.69 Å². The predicted molar refractivity (Wildman–Crippen MR) is 129 cm³/mol. The topological polar surface area (TPSA) is 115 Å². The first-order valence-electron chi connectivity index (χ1n) is 11.4. The van der Waals surface area contributed by atoms with Crippen LogP contribution >= 0.6 is 0 Å². The van der Waals surface area contributed by atoms with Crippen molar-refractivity contribution in [1.29, 1.82) is 0 Å². The van der Waals surface area contributed by atoms with Gasteiger partial charge in [-0.15, -0.1) is 0 Å². The fourth-order valence-corrected chi connectivity index (χ4v) is 4.01. The number of hydrogen-bond donors (Lipinski definition) is 2. The van der Waals surface area contributed by atoms with E-state index < -0.39 is 22.7 Å². The molecule has 4 rings (SSSR count). The summed E-state index contributed by atoms with van der Waals surface area (Å²) < 4.78 is 12.3. The van der Waals surface area contributed by atoms with Crippen molar-refractivity contribution in [3.63, 3.8) is 0 Å². The smallest absolute Gasteiger partial charge is 0.330 e. The van der Waals surface area contributed by atoms with E-state index in [2.05, 4.69) is 15.3 Å². The first kappa shape index (κ1) is 23.5. The zero-order chi connectivity index (χ0) is 24.8. The quantitative estimate of drug-likeness (QED) is 0.576. The third kappa shape index (κ3) is 4.30. The van der Waals surface area contributed by atoms with E-state index in [1.54, 1.807) is 12.1 Å². The second-order valence-electron chi connectivity index (χ2n) is 9.86. The van der Waals surface area contributed by atoms with E-state index in [9.17, 15) is 14.4 Å². The highest BCUT2D eigenvalue weighted by atomic mass is 16.7. The minimum atomic E-state index is -0.787. The van der Waals surface area contributed by atoms with E-state index in [-0.39, 0.29) is 35.2 Å². The van der Waals surface area contributed by atoms with Crippen LogP contribution in [0.4, 0.5) is 0 Å². The molecule has 0 radical (unpaired) electrons. The summed E-state index contributed by atoms with van der Waals surface area (Å²) in [6.07, 6.45) is 0. The number of nitrogens with zero attached hydrogens (tertiary/aromatic N) is 2. The normalized spacial score (nSPS) is 13.2. The van der Waals surface area contributed by atoms with Crippen LogP contribution in [-0.4, -0.2) is 27.2 Å². The third-order valence-corrected chi connectivity index (χ3v) is 5.87. The molecule has 1 aromatic carbocycles. The van der Waals surface area contributed by atoms with E-state index in [1.165, 1.54) is 4.57 Å². The Balaban J connectivity index is 1.83. The zero-order valence-corrected chi connectivity index (χ0v) is 20.3. The summed E-state index contributed by atoms with van der Waals surface area (Å²) >= 11 is 0. The molecule has 0 spiro atoms. The molecule has 180 valence electrons. The number of carbonyl (C=O) groups is 1. The zero-order valence-electron chi connectivity index (χ0n) is 20.3. The molecule has 0 fully saturated rings. The number of carbonyl (C=O) groups excluding carboxylic acids is 1. The van der Waals surface area contributed by atoms with E-state index in [1.807, 2.05) is 53.7 Å². The molecular weight excluding hydrogens is 436 g/mol. The van der Waals surface area contributed by atoms with Crippen LogP contribution in [0, 0.1) is 5.92 Å². The van der Waals surface area contributed by atoms with Gasteiger partial charge in [0, 0.05) is 12.2 Å². The summed E-state index contributed by atoms with van der Waals surface area (Å²) in [6.45, 7) is 12.1. The number of nitrogens with one attached hydrogen (secondary N) is 2. The predicted octanol–water partition coefficient (Wildman–Crippen LogP) is 3.26. The van der Waals surface area contributed by atoms with Gasteiger partial charge in [0.25, 0.3) is 11.5 Å². The van der Waals surface area contributed by atoms with Gasteiger partial charge in [-0.25, -0.2) is 9.78 Å². The summed E-state index contributed by atoms with van der Waals surface area (Å²) in [4.78, 5) is 46.1. The minimum absolute atomic E-state index is 0.0142. The molecule has 0 saturated heterocycles. The maximum Gasteiger partial charge on any atom is 0.330 e. The lowest BCUT2D eigenvalue weighted by atomic mass is 9.93. The van der Waals surface area contributed by atoms with E-state index >= 15 is 0 Å². The minimum Gasteiger partial charge on any atom is -0.454 e. The fraction of sp³-hybridized carbons (Fsp3) is 0.440. The van der Waals surface area contributed by atoms with Gasteiger partial charge in [-0.2, -0.15) is 0 Å². The molecule has 1 aliphatic rings. The summed E-state index contributed by atoms with van der Waals surface area (Å²) in [6, 6.07) is 7.14. The molecule has 2 aromatic heterocycles. The molecule has 2 N–H and O–H groups in total. The molecular formula is C25H30N4O5. The molecule has 0 aliphatic carbocycles. The first-order chi connectivity index (χ1) is 16.0. The second-order valence-corrected chi connectivity index (χ2v) is 9.86. The Hall–Kier alpha value is -3.62.